The molecule has 0 radical (unpaired) electrons. The van der Waals surface area contributed by atoms with Crippen LogP contribution in [0.3, 0.4) is 0 Å². The highest BCUT2D eigenvalue weighted by molar-refractivity contribution is 5.75. The molecule has 7 heteroatoms. The number of nitrogens with one attached hydrogen (secondary N) is 1. The van der Waals surface area contributed by atoms with Crippen LogP contribution in [0.2, 0.25) is 0 Å². The molecule has 0 unspecified atom stereocenters. The van der Waals surface area contributed by atoms with Gasteiger partial charge in [-0.3, -0.25) is 9.13 Å². The van der Waals surface area contributed by atoms with Gasteiger partial charge >= 0.3 is 11.7 Å². The summed E-state index contributed by atoms with van der Waals surface area (Å²) in [6.07, 6.45) is 9.71. The number of aromatic nitrogens is 3. The minimum Gasteiger partial charge on any atom is -0.338 e. The summed E-state index contributed by atoms with van der Waals surface area (Å²) in [5.41, 5.74) is 1.70. The number of hydrogen-bond acceptors (Lipinski definition) is 3. The average Bonchev–Trinajstić information content (AvgIpc) is 3.30. The molecule has 3 heterocycles. The topological polar surface area (TPSA) is 72.2 Å². The Labute approximate surface area is 165 Å². The molecule has 4 rings (SSSR count). The second-order valence-electron chi connectivity index (χ2n) is 8.23. The van der Waals surface area contributed by atoms with E-state index in [9.17, 15) is 9.59 Å². The predicted octanol–water partition coefficient (Wildman–Crippen LogP) is 3.14. The van der Waals surface area contributed by atoms with Crippen LogP contribution in [0, 0.1) is 5.92 Å². The molecule has 0 aromatic carbocycles. The minimum atomic E-state index is -0.0312. The zero-order valence-corrected chi connectivity index (χ0v) is 16.8. The first-order valence-electron chi connectivity index (χ1n) is 10.8. The van der Waals surface area contributed by atoms with E-state index < -0.39 is 0 Å². The summed E-state index contributed by atoms with van der Waals surface area (Å²) in [5, 5.41) is 2.94. The number of rotatable bonds is 5. The number of amides is 2. The minimum absolute atomic E-state index is 0.00937. The molecule has 1 atom stereocenters. The molecule has 2 aliphatic rings. The van der Waals surface area contributed by atoms with E-state index in [1.165, 1.54) is 32.1 Å². The van der Waals surface area contributed by atoms with Gasteiger partial charge in [0.25, 0.3) is 0 Å². The maximum Gasteiger partial charge on any atom is 0.330 e. The largest absolute Gasteiger partial charge is 0.338 e. The van der Waals surface area contributed by atoms with Crippen LogP contribution >= 0.6 is 0 Å². The molecule has 1 saturated carbocycles. The number of hydrogen-bond donors (Lipinski definition) is 1. The van der Waals surface area contributed by atoms with Gasteiger partial charge < -0.3 is 10.2 Å². The van der Waals surface area contributed by atoms with Crippen molar-refractivity contribution in [3.8, 4) is 0 Å². The first kappa shape index (κ1) is 19.0. The molecule has 7 nitrogen and oxygen atoms in total. The first-order valence-corrected chi connectivity index (χ1v) is 10.8. The zero-order chi connectivity index (χ0) is 19.5. The summed E-state index contributed by atoms with van der Waals surface area (Å²) in [4.78, 5) is 32.0. The van der Waals surface area contributed by atoms with E-state index in [-0.39, 0.29) is 17.8 Å². The van der Waals surface area contributed by atoms with Crippen LogP contribution in [0.1, 0.15) is 57.9 Å². The number of fused-ring (bicyclic) bond motifs is 1. The lowest BCUT2D eigenvalue weighted by molar-refractivity contribution is 0.207. The Hall–Kier alpha value is -2.31. The second-order valence-corrected chi connectivity index (χ2v) is 8.23. The van der Waals surface area contributed by atoms with E-state index in [0.29, 0.717) is 25.6 Å². The smallest absolute Gasteiger partial charge is 0.330 e. The maximum atomic E-state index is 13.4. The molecule has 2 amide bonds. The molecular formula is C21H31N5O2. The van der Waals surface area contributed by atoms with E-state index in [1.54, 1.807) is 6.20 Å². The monoisotopic (exact) mass is 385 g/mol. The van der Waals surface area contributed by atoms with Crippen molar-refractivity contribution in [1.82, 2.24) is 24.3 Å². The van der Waals surface area contributed by atoms with E-state index in [2.05, 4.69) is 10.3 Å². The molecule has 2 aromatic heterocycles. The highest BCUT2D eigenvalue weighted by Gasteiger charge is 2.31. The van der Waals surface area contributed by atoms with Gasteiger partial charge in [0.15, 0.2) is 5.65 Å². The van der Waals surface area contributed by atoms with Crippen molar-refractivity contribution in [3.63, 3.8) is 0 Å². The lowest BCUT2D eigenvalue weighted by atomic mass is 9.89. The molecule has 1 aliphatic carbocycles. The number of urea groups is 1. The van der Waals surface area contributed by atoms with Gasteiger partial charge in [-0.05, 0) is 43.7 Å². The van der Waals surface area contributed by atoms with E-state index in [0.717, 1.165) is 30.6 Å². The van der Waals surface area contributed by atoms with Crippen LogP contribution in [-0.4, -0.2) is 44.7 Å². The molecule has 1 saturated heterocycles. The normalized spacial score (nSPS) is 20.8. The Morgan fingerprint density at radius 1 is 1.25 bits per heavy atom. The number of nitrogens with zero attached hydrogens (tertiary/aromatic N) is 4. The summed E-state index contributed by atoms with van der Waals surface area (Å²) in [6, 6.07) is 3.87. The fourth-order valence-corrected chi connectivity index (χ4v) is 4.72. The van der Waals surface area contributed by atoms with Crippen LogP contribution in [0.15, 0.2) is 23.1 Å². The molecule has 1 aliphatic heterocycles. The number of carbonyl (C=O) groups excluding carboxylic acids is 1. The first-order chi connectivity index (χ1) is 13.7. The third-order valence-corrected chi connectivity index (χ3v) is 6.23. The van der Waals surface area contributed by atoms with Crippen LogP contribution in [0.25, 0.3) is 11.2 Å². The molecule has 1 N–H and O–H groups in total. The molecule has 152 valence electrons. The highest BCUT2D eigenvalue weighted by atomic mass is 16.2. The molecular weight excluding hydrogens is 354 g/mol. The lowest BCUT2D eigenvalue weighted by Gasteiger charge is -2.21. The molecule has 0 spiro atoms. The van der Waals surface area contributed by atoms with Crippen molar-refractivity contribution in [2.75, 3.05) is 19.6 Å². The Morgan fingerprint density at radius 3 is 2.86 bits per heavy atom. The zero-order valence-electron chi connectivity index (χ0n) is 16.8. The Balaban J connectivity index is 1.60. The van der Waals surface area contributed by atoms with E-state index in [4.69, 9.17) is 0 Å². The molecule has 2 fully saturated rings. The fraction of sp³-hybridized carbons (Fsp3) is 0.667. The fourth-order valence-electron chi connectivity index (χ4n) is 4.72. The van der Waals surface area contributed by atoms with E-state index >= 15 is 0 Å². The average molecular weight is 386 g/mol. The van der Waals surface area contributed by atoms with Crippen molar-refractivity contribution in [1.29, 1.82) is 0 Å². The van der Waals surface area contributed by atoms with Gasteiger partial charge in [0.2, 0.25) is 0 Å². The lowest BCUT2D eigenvalue weighted by Crippen LogP contribution is -2.39. The van der Waals surface area contributed by atoms with Crippen LogP contribution in [0.5, 0.6) is 0 Å². The van der Waals surface area contributed by atoms with Crippen molar-refractivity contribution >= 4 is 17.2 Å². The van der Waals surface area contributed by atoms with Crippen molar-refractivity contribution < 1.29 is 4.79 Å². The van der Waals surface area contributed by atoms with Gasteiger partial charge in [0.05, 0.1) is 11.6 Å². The van der Waals surface area contributed by atoms with Gasteiger partial charge in [0.1, 0.15) is 0 Å². The Morgan fingerprint density at radius 2 is 2.07 bits per heavy atom. The van der Waals surface area contributed by atoms with Gasteiger partial charge in [0, 0.05) is 32.4 Å². The quantitative estimate of drug-likeness (QED) is 0.859. The number of imidazole rings is 1. The van der Waals surface area contributed by atoms with E-state index in [1.807, 2.05) is 33.1 Å². The SMILES string of the molecule is CCCNC(=O)N1CC[C@@H](n2c(=O)n(CC3CCCCC3)c3cccnc32)C1. The van der Waals surface area contributed by atoms with Crippen molar-refractivity contribution in [2.45, 2.75) is 64.5 Å². The van der Waals surface area contributed by atoms with Crippen LogP contribution < -0.4 is 11.0 Å². The third-order valence-electron chi connectivity index (χ3n) is 6.23. The van der Waals surface area contributed by atoms with Gasteiger partial charge in [-0.2, -0.15) is 0 Å². The van der Waals surface area contributed by atoms with Crippen molar-refractivity contribution in [2.24, 2.45) is 5.92 Å². The Kier molecular flexibility index (Phi) is 5.69. The Bertz CT molecular complexity index is 881. The highest BCUT2D eigenvalue weighted by Crippen LogP contribution is 2.28. The number of pyridine rings is 1. The van der Waals surface area contributed by atoms with Crippen LogP contribution in [0.4, 0.5) is 4.79 Å². The second kappa shape index (κ2) is 8.37. The van der Waals surface area contributed by atoms with Gasteiger partial charge in [-0.25, -0.2) is 14.6 Å². The summed E-state index contributed by atoms with van der Waals surface area (Å²) >= 11 is 0. The van der Waals surface area contributed by atoms with Crippen molar-refractivity contribution in [3.05, 3.63) is 28.8 Å². The maximum absolute atomic E-state index is 13.4. The van der Waals surface area contributed by atoms with Gasteiger partial charge in [-0.1, -0.05) is 26.2 Å². The predicted molar refractivity (Wildman–Crippen MR) is 109 cm³/mol. The summed E-state index contributed by atoms with van der Waals surface area (Å²) < 4.78 is 3.77. The van der Waals surface area contributed by atoms with Gasteiger partial charge in [-0.15, -0.1) is 0 Å². The summed E-state index contributed by atoms with van der Waals surface area (Å²) in [7, 11) is 0. The van der Waals surface area contributed by atoms with Crippen LogP contribution in [-0.2, 0) is 6.54 Å². The molecule has 0 bridgehead atoms. The summed E-state index contributed by atoms with van der Waals surface area (Å²) in [5.74, 6) is 0.575. The standard InChI is InChI=1S/C21H31N5O2/c1-2-11-23-20(27)24-13-10-17(15-24)26-19-18(9-6-12-22-19)25(21(26)28)14-16-7-4-3-5-8-16/h6,9,12,16-17H,2-5,7-8,10-11,13-15H2,1H3,(H,23,27)/t17-/m1/s1. The third kappa shape index (κ3) is 3.66. The molecule has 2 aromatic rings. The number of likely N-dealkylation sites (tertiary alicyclic amines) is 1. The number of carbonyl (C=O) groups is 1. The molecule has 28 heavy (non-hydrogen) atoms. The summed E-state index contributed by atoms with van der Waals surface area (Å²) in [6.45, 7) is 4.74.